The third-order valence-electron chi connectivity index (χ3n) is 6.09. The van der Waals surface area contributed by atoms with Crippen molar-refractivity contribution in [2.24, 2.45) is 0 Å². The van der Waals surface area contributed by atoms with E-state index in [4.69, 9.17) is 11.6 Å². The molecule has 0 bridgehead atoms. The molecule has 1 amide bonds. The molecule has 1 aromatic carbocycles. The van der Waals surface area contributed by atoms with Gasteiger partial charge in [-0.2, -0.15) is 9.78 Å². The summed E-state index contributed by atoms with van der Waals surface area (Å²) in [6.45, 7) is 2.54. The zero-order valence-corrected chi connectivity index (χ0v) is 18.5. The Hall–Kier alpha value is -3.26. The summed E-state index contributed by atoms with van der Waals surface area (Å²) < 4.78 is 0.955. The maximum Gasteiger partial charge on any atom is 0.349 e. The second kappa shape index (κ2) is 9.08. The van der Waals surface area contributed by atoms with E-state index in [0.717, 1.165) is 36.6 Å². The van der Waals surface area contributed by atoms with Gasteiger partial charge in [-0.1, -0.05) is 60.7 Å². The minimum atomic E-state index is -0.728. The zero-order chi connectivity index (χ0) is 22.7. The number of halogens is 1. The molecular weight excluding hydrogens is 430 g/mol. The van der Waals surface area contributed by atoms with Crippen molar-refractivity contribution in [3.8, 4) is 5.69 Å². The molecule has 0 radical (unpaired) electrons. The number of amides is 1. The second-order valence-electron chi connectivity index (χ2n) is 8.27. The average molecular weight is 454 g/mol. The molecule has 2 aromatic heterocycles. The molecule has 2 heterocycles. The van der Waals surface area contributed by atoms with Crippen LogP contribution in [0.25, 0.3) is 5.69 Å². The fraction of sp³-hybridized carbons (Fsp3) is 0.348. The molecule has 166 valence electrons. The van der Waals surface area contributed by atoms with Crippen molar-refractivity contribution in [2.45, 2.75) is 44.4 Å². The number of carbonyl (C=O) groups is 1. The van der Waals surface area contributed by atoms with Crippen LogP contribution in [-0.2, 0) is 5.41 Å². The highest BCUT2D eigenvalue weighted by molar-refractivity contribution is 6.32. The molecule has 0 spiro atoms. The Morgan fingerprint density at radius 1 is 1.16 bits per heavy atom. The van der Waals surface area contributed by atoms with E-state index < -0.39 is 11.2 Å². The summed E-state index contributed by atoms with van der Waals surface area (Å²) in [6.07, 6.45) is 7.72. The molecule has 8 nitrogen and oxygen atoms in total. The lowest BCUT2D eigenvalue weighted by atomic mass is 9.69. The monoisotopic (exact) mass is 453 g/mol. The third-order valence-corrected chi connectivity index (χ3v) is 6.39. The fourth-order valence-corrected chi connectivity index (χ4v) is 4.49. The van der Waals surface area contributed by atoms with E-state index in [1.165, 1.54) is 29.8 Å². The molecule has 1 saturated carbocycles. The Morgan fingerprint density at radius 3 is 2.56 bits per heavy atom. The van der Waals surface area contributed by atoms with Gasteiger partial charge in [-0.05, 0) is 31.4 Å². The van der Waals surface area contributed by atoms with Gasteiger partial charge in [0.25, 0.3) is 11.5 Å². The predicted molar refractivity (Wildman–Crippen MR) is 122 cm³/mol. The highest BCUT2D eigenvalue weighted by Crippen LogP contribution is 2.39. The fourth-order valence-electron chi connectivity index (χ4n) is 4.30. The van der Waals surface area contributed by atoms with Gasteiger partial charge in [0.2, 0.25) is 0 Å². The second-order valence-corrected chi connectivity index (χ2v) is 8.63. The summed E-state index contributed by atoms with van der Waals surface area (Å²) in [5.74, 6) is -0.376. The summed E-state index contributed by atoms with van der Waals surface area (Å²) in [5, 5.41) is 6.86. The summed E-state index contributed by atoms with van der Waals surface area (Å²) in [6, 6.07) is 9.95. The van der Waals surface area contributed by atoms with Gasteiger partial charge < -0.3 is 5.32 Å². The van der Waals surface area contributed by atoms with Crippen molar-refractivity contribution in [1.82, 2.24) is 25.1 Å². The van der Waals surface area contributed by atoms with Gasteiger partial charge in [0.05, 0.1) is 17.4 Å². The number of aromatic nitrogens is 4. The number of hydrogen-bond donors (Lipinski definition) is 2. The minimum absolute atomic E-state index is 0.0248. The van der Waals surface area contributed by atoms with E-state index in [1.54, 1.807) is 0 Å². The van der Waals surface area contributed by atoms with Crippen LogP contribution in [-0.4, -0.2) is 32.2 Å². The lowest BCUT2D eigenvalue weighted by Gasteiger charge is -2.38. The van der Waals surface area contributed by atoms with Gasteiger partial charge in [0.1, 0.15) is 11.3 Å². The summed E-state index contributed by atoms with van der Waals surface area (Å²) in [4.78, 5) is 42.5. The van der Waals surface area contributed by atoms with E-state index in [1.807, 2.05) is 0 Å². The largest absolute Gasteiger partial charge is 0.351 e. The number of nitrogens with zero attached hydrogens (tertiary/aromatic N) is 3. The number of pyridine rings is 1. The van der Waals surface area contributed by atoms with Crippen molar-refractivity contribution in [1.29, 1.82) is 0 Å². The van der Waals surface area contributed by atoms with Crippen LogP contribution in [0.1, 0.15) is 53.6 Å². The molecule has 0 atom stereocenters. The highest BCUT2D eigenvalue weighted by Gasteiger charge is 2.34. The number of nitrogens with one attached hydrogen (secondary N) is 2. The Kier molecular flexibility index (Phi) is 6.23. The third kappa shape index (κ3) is 4.50. The quantitative estimate of drug-likeness (QED) is 0.577. The molecule has 32 heavy (non-hydrogen) atoms. The van der Waals surface area contributed by atoms with Crippen LogP contribution >= 0.6 is 11.6 Å². The first-order valence-electron chi connectivity index (χ1n) is 10.6. The number of benzene rings is 1. The average Bonchev–Trinajstić information content (AvgIpc) is 2.79. The molecule has 0 saturated heterocycles. The van der Waals surface area contributed by atoms with Crippen LogP contribution in [0.15, 0.2) is 52.3 Å². The van der Waals surface area contributed by atoms with Gasteiger partial charge in [-0.25, -0.2) is 9.78 Å². The number of aromatic amines is 1. The molecule has 0 aliphatic heterocycles. The van der Waals surface area contributed by atoms with Crippen molar-refractivity contribution in [3.05, 3.63) is 85.4 Å². The Labute approximate surface area is 189 Å². The molecule has 2 N–H and O–H groups in total. The minimum Gasteiger partial charge on any atom is -0.351 e. The molecule has 1 fully saturated rings. The number of aryl methyl sites for hydroxylation is 1. The van der Waals surface area contributed by atoms with E-state index >= 15 is 0 Å². The van der Waals surface area contributed by atoms with E-state index in [2.05, 4.69) is 51.6 Å². The lowest BCUT2D eigenvalue weighted by Crippen LogP contribution is -2.42. The molecule has 1 aliphatic carbocycles. The number of rotatable bonds is 5. The van der Waals surface area contributed by atoms with Crippen molar-refractivity contribution in [3.63, 3.8) is 0 Å². The molecule has 3 aromatic rings. The highest BCUT2D eigenvalue weighted by atomic mass is 35.5. The normalized spacial score (nSPS) is 15.3. The number of H-pyrrole nitrogens is 1. The first kappa shape index (κ1) is 22.0. The van der Waals surface area contributed by atoms with Crippen LogP contribution in [0.2, 0.25) is 5.15 Å². The van der Waals surface area contributed by atoms with Gasteiger partial charge in [0.15, 0.2) is 0 Å². The summed E-state index contributed by atoms with van der Waals surface area (Å²) in [5.41, 5.74) is 1.32. The topological polar surface area (TPSA) is 110 Å². The predicted octanol–water partition coefficient (Wildman–Crippen LogP) is 2.91. The van der Waals surface area contributed by atoms with Crippen molar-refractivity contribution >= 4 is 17.5 Å². The van der Waals surface area contributed by atoms with Crippen molar-refractivity contribution < 1.29 is 4.79 Å². The Bertz CT molecular complexity index is 1240. The lowest BCUT2D eigenvalue weighted by molar-refractivity contribution is 0.0936. The Balaban J connectivity index is 1.59. The van der Waals surface area contributed by atoms with Crippen LogP contribution < -0.4 is 16.6 Å². The summed E-state index contributed by atoms with van der Waals surface area (Å²) >= 11 is 6.20. The molecule has 0 unspecified atom stereocenters. The SMILES string of the molecule is Cc1ccc(C2(CNC(=O)c3cc(-n4ncc(=O)[nH]c4=O)cnc3Cl)CCCCC2)cc1. The van der Waals surface area contributed by atoms with E-state index in [0.29, 0.717) is 6.54 Å². The van der Waals surface area contributed by atoms with Gasteiger partial charge >= 0.3 is 5.69 Å². The molecular formula is C23H24ClN5O3. The Morgan fingerprint density at radius 2 is 1.88 bits per heavy atom. The van der Waals surface area contributed by atoms with E-state index in [-0.39, 0.29) is 27.7 Å². The maximum atomic E-state index is 13.1. The molecule has 4 rings (SSSR count). The van der Waals surface area contributed by atoms with Crippen LogP contribution in [0.4, 0.5) is 0 Å². The van der Waals surface area contributed by atoms with Crippen LogP contribution in [0, 0.1) is 6.92 Å². The number of hydrogen-bond acceptors (Lipinski definition) is 5. The smallest absolute Gasteiger partial charge is 0.349 e. The van der Waals surface area contributed by atoms with Crippen LogP contribution in [0.3, 0.4) is 0 Å². The van der Waals surface area contributed by atoms with Gasteiger partial charge in [-0.15, -0.1) is 0 Å². The van der Waals surface area contributed by atoms with Gasteiger partial charge in [0, 0.05) is 12.0 Å². The maximum absolute atomic E-state index is 13.1. The van der Waals surface area contributed by atoms with Gasteiger partial charge in [-0.3, -0.25) is 14.6 Å². The standard InChI is InChI=1S/C23H24ClN5O3/c1-15-5-7-16(8-6-15)23(9-3-2-4-10-23)14-26-21(31)18-11-17(12-25-20(18)24)29-22(32)28-19(30)13-27-29/h5-8,11-13H,2-4,9-10,14H2,1H3,(H,26,31)(H,28,30,32). The zero-order valence-electron chi connectivity index (χ0n) is 17.7. The summed E-state index contributed by atoms with van der Waals surface area (Å²) in [7, 11) is 0. The first-order valence-corrected chi connectivity index (χ1v) is 11.0. The molecule has 9 heteroatoms. The van der Waals surface area contributed by atoms with Crippen LogP contribution in [0.5, 0.6) is 0 Å². The van der Waals surface area contributed by atoms with E-state index in [9.17, 15) is 14.4 Å². The number of carbonyl (C=O) groups excluding carboxylic acids is 1. The van der Waals surface area contributed by atoms with Crippen molar-refractivity contribution in [2.75, 3.05) is 6.54 Å². The molecule has 1 aliphatic rings. The first-order chi connectivity index (χ1) is 15.4.